The van der Waals surface area contributed by atoms with Gasteiger partial charge in [0.2, 0.25) is 5.96 Å². The second kappa shape index (κ2) is 6.38. The summed E-state index contributed by atoms with van der Waals surface area (Å²) in [6.45, 7) is 1.32. The molecule has 0 saturated carbocycles. The van der Waals surface area contributed by atoms with Crippen molar-refractivity contribution in [2.24, 2.45) is 4.99 Å². The van der Waals surface area contributed by atoms with Gasteiger partial charge in [-0.2, -0.15) is 0 Å². The van der Waals surface area contributed by atoms with Crippen LogP contribution < -0.4 is 10.6 Å². The maximum Gasteiger partial charge on any atom is 0.413 e. The van der Waals surface area contributed by atoms with Crippen molar-refractivity contribution in [2.45, 2.75) is 5.92 Å². The summed E-state index contributed by atoms with van der Waals surface area (Å²) in [4.78, 5) is 15.4. The number of methoxy groups -OCH3 is 1. The molecule has 1 unspecified atom stereocenters. The van der Waals surface area contributed by atoms with Gasteiger partial charge in [0.05, 0.1) is 13.7 Å². The fourth-order valence-electron chi connectivity index (χ4n) is 1.81. The molecule has 1 aliphatic rings. The molecule has 1 aliphatic heterocycles. The van der Waals surface area contributed by atoms with Crippen molar-refractivity contribution in [3.05, 3.63) is 32.7 Å². The van der Waals surface area contributed by atoms with Crippen LogP contribution in [0.1, 0.15) is 11.5 Å². The van der Waals surface area contributed by atoms with Crippen LogP contribution in [0.5, 0.6) is 0 Å². The van der Waals surface area contributed by atoms with E-state index in [4.69, 9.17) is 0 Å². The Balaban J connectivity index is 2.06. The van der Waals surface area contributed by atoms with E-state index in [0.29, 0.717) is 19.0 Å². The van der Waals surface area contributed by atoms with Gasteiger partial charge >= 0.3 is 6.09 Å². The Kier molecular flexibility index (Phi) is 4.81. The Morgan fingerprint density at radius 1 is 1.53 bits per heavy atom. The van der Waals surface area contributed by atoms with Crippen LogP contribution >= 0.6 is 31.9 Å². The molecule has 2 N–H and O–H groups in total. The highest BCUT2D eigenvalue weighted by Crippen LogP contribution is 2.29. The first-order valence-corrected chi connectivity index (χ1v) is 7.27. The van der Waals surface area contributed by atoms with Crippen molar-refractivity contribution < 1.29 is 9.53 Å². The van der Waals surface area contributed by atoms with Crippen molar-refractivity contribution >= 4 is 43.9 Å². The standard InChI is InChI=1S/C12H13Br2N3O2/c1-19-12(18)17-11-15-5-7(6-16-11)9-4-8(13)2-3-10(9)14/h2-4,7H,5-6H2,1H3,(H2,15,16,17,18). The first-order chi connectivity index (χ1) is 9.10. The zero-order valence-electron chi connectivity index (χ0n) is 10.2. The van der Waals surface area contributed by atoms with E-state index in [1.807, 2.05) is 12.1 Å². The van der Waals surface area contributed by atoms with E-state index < -0.39 is 6.09 Å². The number of hydrogen-bond donors (Lipinski definition) is 2. The molecule has 0 spiro atoms. The lowest BCUT2D eigenvalue weighted by Gasteiger charge is -2.24. The van der Waals surface area contributed by atoms with Crippen LogP contribution in [0.15, 0.2) is 32.1 Å². The van der Waals surface area contributed by atoms with Crippen molar-refractivity contribution in [2.75, 3.05) is 20.2 Å². The quantitative estimate of drug-likeness (QED) is 0.774. The maximum atomic E-state index is 11.1. The van der Waals surface area contributed by atoms with Gasteiger partial charge in [0.25, 0.3) is 0 Å². The molecule has 7 heteroatoms. The lowest BCUT2D eigenvalue weighted by Crippen LogP contribution is -2.45. The third kappa shape index (κ3) is 3.70. The lowest BCUT2D eigenvalue weighted by molar-refractivity contribution is 0.176. The van der Waals surface area contributed by atoms with Gasteiger partial charge in [0, 0.05) is 21.4 Å². The number of carbonyl (C=O) groups excluding carboxylic acids is 1. The molecule has 2 rings (SSSR count). The summed E-state index contributed by atoms with van der Waals surface area (Å²) in [5, 5.41) is 5.60. The average molecular weight is 391 g/mol. The largest absolute Gasteiger partial charge is 0.453 e. The van der Waals surface area contributed by atoms with Gasteiger partial charge in [0.1, 0.15) is 0 Å². The van der Waals surface area contributed by atoms with Crippen LogP contribution in [0.4, 0.5) is 4.79 Å². The molecular weight excluding hydrogens is 378 g/mol. The minimum absolute atomic E-state index is 0.259. The smallest absolute Gasteiger partial charge is 0.413 e. The van der Waals surface area contributed by atoms with Gasteiger partial charge in [0.15, 0.2) is 0 Å². The molecule has 1 atom stereocenters. The molecule has 102 valence electrons. The molecule has 1 aromatic rings. The fourth-order valence-corrected chi connectivity index (χ4v) is 2.76. The molecule has 5 nitrogen and oxygen atoms in total. The number of rotatable bonds is 1. The summed E-state index contributed by atoms with van der Waals surface area (Å²) in [6, 6.07) is 6.06. The monoisotopic (exact) mass is 389 g/mol. The number of ether oxygens (including phenoxy) is 1. The van der Waals surface area contributed by atoms with Gasteiger partial charge in [-0.1, -0.05) is 31.9 Å². The Bertz CT molecular complexity index is 520. The Morgan fingerprint density at radius 3 is 2.95 bits per heavy atom. The van der Waals surface area contributed by atoms with Crippen LogP contribution in [0.3, 0.4) is 0 Å². The van der Waals surface area contributed by atoms with Crippen LogP contribution in [-0.4, -0.2) is 32.3 Å². The predicted molar refractivity (Wildman–Crippen MR) is 80.4 cm³/mol. The molecule has 0 radical (unpaired) electrons. The SMILES string of the molecule is COC(=O)NC1=NCC(c2cc(Br)ccc2Br)CN1. The third-order valence-corrected chi connectivity index (χ3v) is 4.00. The zero-order valence-corrected chi connectivity index (χ0v) is 13.4. The van der Waals surface area contributed by atoms with Crippen LogP contribution in [-0.2, 0) is 4.74 Å². The predicted octanol–water partition coefficient (Wildman–Crippen LogP) is 2.61. The van der Waals surface area contributed by atoms with E-state index in [9.17, 15) is 4.79 Å². The first kappa shape index (κ1) is 14.3. The van der Waals surface area contributed by atoms with E-state index in [1.54, 1.807) is 0 Å². The van der Waals surface area contributed by atoms with Crippen molar-refractivity contribution in [1.29, 1.82) is 0 Å². The number of carbonyl (C=O) groups is 1. The van der Waals surface area contributed by atoms with E-state index >= 15 is 0 Å². The van der Waals surface area contributed by atoms with Crippen LogP contribution in [0, 0.1) is 0 Å². The molecular formula is C12H13Br2N3O2. The number of alkyl carbamates (subject to hydrolysis) is 1. The van der Waals surface area contributed by atoms with Gasteiger partial charge in [-0.3, -0.25) is 10.3 Å². The van der Waals surface area contributed by atoms with Crippen LogP contribution in [0.25, 0.3) is 0 Å². The van der Waals surface area contributed by atoms with Crippen LogP contribution in [0.2, 0.25) is 0 Å². The van der Waals surface area contributed by atoms with E-state index in [1.165, 1.54) is 12.7 Å². The highest BCUT2D eigenvalue weighted by Gasteiger charge is 2.20. The number of aliphatic imine (C=N–C) groups is 1. The zero-order chi connectivity index (χ0) is 13.8. The number of nitrogens with zero attached hydrogens (tertiary/aromatic N) is 1. The van der Waals surface area contributed by atoms with Crippen molar-refractivity contribution in [1.82, 2.24) is 10.6 Å². The van der Waals surface area contributed by atoms with E-state index in [-0.39, 0.29) is 5.92 Å². The fraction of sp³-hybridized carbons (Fsp3) is 0.333. The third-order valence-electron chi connectivity index (χ3n) is 2.79. The van der Waals surface area contributed by atoms with E-state index in [2.05, 4.69) is 58.3 Å². The number of guanidine groups is 1. The molecule has 0 aliphatic carbocycles. The molecule has 0 saturated heterocycles. The summed E-state index contributed by atoms with van der Waals surface area (Å²) in [5.74, 6) is 0.712. The number of halogens is 2. The Morgan fingerprint density at radius 2 is 2.32 bits per heavy atom. The van der Waals surface area contributed by atoms with Gasteiger partial charge in [-0.05, 0) is 23.8 Å². The number of amides is 1. The molecule has 1 heterocycles. The normalized spacial score (nSPS) is 18.3. The summed E-state index contributed by atoms with van der Waals surface area (Å²) >= 11 is 7.01. The molecule has 0 aromatic heterocycles. The second-order valence-electron chi connectivity index (χ2n) is 4.05. The number of hydrogen-bond acceptors (Lipinski definition) is 4. The Hall–Kier alpha value is -1.08. The summed E-state index contributed by atoms with van der Waals surface area (Å²) in [7, 11) is 1.32. The summed E-state index contributed by atoms with van der Waals surface area (Å²) in [5.41, 5.74) is 1.18. The maximum absolute atomic E-state index is 11.1. The van der Waals surface area contributed by atoms with Crippen molar-refractivity contribution in [3.8, 4) is 0 Å². The first-order valence-electron chi connectivity index (χ1n) is 5.68. The van der Waals surface area contributed by atoms with Gasteiger partial charge in [-0.25, -0.2) is 4.79 Å². The van der Waals surface area contributed by atoms with Gasteiger partial charge in [-0.15, -0.1) is 0 Å². The lowest BCUT2D eigenvalue weighted by atomic mass is 9.98. The van der Waals surface area contributed by atoms with E-state index in [0.717, 1.165) is 8.95 Å². The van der Waals surface area contributed by atoms with Crippen molar-refractivity contribution in [3.63, 3.8) is 0 Å². The number of nitrogens with one attached hydrogen (secondary N) is 2. The molecule has 0 fully saturated rings. The topological polar surface area (TPSA) is 62.7 Å². The molecule has 0 bridgehead atoms. The highest BCUT2D eigenvalue weighted by atomic mass is 79.9. The van der Waals surface area contributed by atoms with Gasteiger partial charge < -0.3 is 10.1 Å². The Labute approximate surface area is 128 Å². The molecule has 19 heavy (non-hydrogen) atoms. The average Bonchev–Trinajstić information content (AvgIpc) is 2.42. The highest BCUT2D eigenvalue weighted by molar-refractivity contribution is 9.11. The summed E-state index contributed by atoms with van der Waals surface area (Å²) < 4.78 is 6.61. The minimum atomic E-state index is -0.520. The second-order valence-corrected chi connectivity index (χ2v) is 5.82. The minimum Gasteiger partial charge on any atom is -0.453 e. The molecule has 1 aromatic carbocycles. The molecule has 1 amide bonds. The summed E-state index contributed by atoms with van der Waals surface area (Å²) in [6.07, 6.45) is -0.520. The number of benzene rings is 1.